The fourth-order valence-electron chi connectivity index (χ4n) is 2.75. The van der Waals surface area contributed by atoms with E-state index in [1.54, 1.807) is 12.1 Å². The second-order valence-electron chi connectivity index (χ2n) is 5.32. The van der Waals surface area contributed by atoms with Crippen molar-refractivity contribution in [2.75, 3.05) is 19.7 Å². The van der Waals surface area contributed by atoms with Crippen LogP contribution in [0.1, 0.15) is 31.7 Å². The Morgan fingerprint density at radius 1 is 1.40 bits per heavy atom. The molecule has 1 heterocycles. The fraction of sp³-hybridized carbons (Fsp3) is 0.562. The number of benzene rings is 1. The first-order valence-electron chi connectivity index (χ1n) is 7.26. The van der Waals surface area contributed by atoms with Gasteiger partial charge in [0.15, 0.2) is 0 Å². The smallest absolute Gasteiger partial charge is 0.119 e. The van der Waals surface area contributed by atoms with Crippen LogP contribution >= 0.6 is 0 Å². The highest BCUT2D eigenvalue weighted by Gasteiger charge is 2.25. The predicted octanol–water partition coefficient (Wildman–Crippen LogP) is 2.17. The van der Waals surface area contributed by atoms with Gasteiger partial charge in [0.1, 0.15) is 12.4 Å². The first-order valence-corrected chi connectivity index (χ1v) is 7.26. The van der Waals surface area contributed by atoms with Crippen molar-refractivity contribution >= 4 is 0 Å². The lowest BCUT2D eigenvalue weighted by molar-refractivity contribution is 0.0293. The van der Waals surface area contributed by atoms with Crippen LogP contribution in [-0.4, -0.2) is 41.8 Å². The highest BCUT2D eigenvalue weighted by molar-refractivity contribution is 5.34. The zero-order valence-corrected chi connectivity index (χ0v) is 12.0. The Morgan fingerprint density at radius 3 is 2.80 bits per heavy atom. The number of piperidine rings is 1. The van der Waals surface area contributed by atoms with Gasteiger partial charge in [-0.15, -0.1) is 0 Å². The van der Waals surface area contributed by atoms with Crippen molar-refractivity contribution in [3.05, 3.63) is 29.8 Å². The van der Waals surface area contributed by atoms with E-state index in [4.69, 9.17) is 10.00 Å². The van der Waals surface area contributed by atoms with E-state index in [9.17, 15) is 5.11 Å². The van der Waals surface area contributed by atoms with Gasteiger partial charge in [0.25, 0.3) is 0 Å². The molecular weight excluding hydrogens is 252 g/mol. The maximum atomic E-state index is 9.81. The van der Waals surface area contributed by atoms with E-state index in [1.165, 1.54) is 12.8 Å². The Morgan fingerprint density at radius 2 is 2.15 bits per heavy atom. The standard InChI is InChI=1S/C16H22N2O2/c1-13(19)16-4-2-3-9-18(16)10-11-20-15-7-5-14(12-17)6-8-15/h5-8,13,16,19H,2-4,9-11H2,1H3. The SMILES string of the molecule is CC(O)C1CCCCN1CCOc1ccc(C#N)cc1. The van der Waals surface area contributed by atoms with Crippen molar-refractivity contribution in [3.63, 3.8) is 0 Å². The number of aliphatic hydroxyl groups is 1. The number of aliphatic hydroxyl groups excluding tert-OH is 1. The molecule has 1 fully saturated rings. The van der Waals surface area contributed by atoms with Crippen molar-refractivity contribution in [3.8, 4) is 11.8 Å². The average Bonchev–Trinajstić information content (AvgIpc) is 2.48. The average molecular weight is 274 g/mol. The van der Waals surface area contributed by atoms with Crippen LogP contribution in [0.25, 0.3) is 0 Å². The van der Waals surface area contributed by atoms with Gasteiger partial charge in [-0.3, -0.25) is 4.90 Å². The molecule has 1 aromatic carbocycles. The van der Waals surface area contributed by atoms with Gasteiger partial charge in [0.05, 0.1) is 17.7 Å². The van der Waals surface area contributed by atoms with Crippen LogP contribution in [0.4, 0.5) is 0 Å². The molecule has 1 N–H and O–H groups in total. The van der Waals surface area contributed by atoms with Gasteiger partial charge in [-0.05, 0) is 50.6 Å². The van der Waals surface area contributed by atoms with Gasteiger partial charge in [0.2, 0.25) is 0 Å². The third kappa shape index (κ3) is 3.96. The Labute approximate surface area is 120 Å². The maximum absolute atomic E-state index is 9.81. The van der Waals surface area contributed by atoms with Crippen molar-refractivity contribution in [1.29, 1.82) is 5.26 Å². The monoisotopic (exact) mass is 274 g/mol. The number of nitriles is 1. The van der Waals surface area contributed by atoms with Gasteiger partial charge in [-0.1, -0.05) is 6.42 Å². The first-order chi connectivity index (χ1) is 9.70. The van der Waals surface area contributed by atoms with E-state index in [-0.39, 0.29) is 12.1 Å². The van der Waals surface area contributed by atoms with Crippen LogP contribution in [0.15, 0.2) is 24.3 Å². The van der Waals surface area contributed by atoms with Gasteiger partial charge < -0.3 is 9.84 Å². The van der Waals surface area contributed by atoms with Gasteiger partial charge >= 0.3 is 0 Å². The summed E-state index contributed by atoms with van der Waals surface area (Å²) in [6, 6.07) is 9.50. The summed E-state index contributed by atoms with van der Waals surface area (Å²) in [4.78, 5) is 2.32. The summed E-state index contributed by atoms with van der Waals surface area (Å²) in [5.74, 6) is 0.787. The Kier molecular flexibility index (Phi) is 5.40. The molecule has 0 radical (unpaired) electrons. The number of likely N-dealkylation sites (tertiary alicyclic amines) is 1. The molecule has 0 aromatic heterocycles. The van der Waals surface area contributed by atoms with Gasteiger partial charge in [-0.2, -0.15) is 5.26 Å². The molecular formula is C16H22N2O2. The molecule has 2 atom stereocenters. The fourth-order valence-corrected chi connectivity index (χ4v) is 2.75. The highest BCUT2D eigenvalue weighted by Crippen LogP contribution is 2.19. The maximum Gasteiger partial charge on any atom is 0.119 e. The van der Waals surface area contributed by atoms with Crippen LogP contribution in [0.2, 0.25) is 0 Å². The molecule has 0 saturated carbocycles. The van der Waals surface area contributed by atoms with Crippen LogP contribution in [0, 0.1) is 11.3 Å². The molecule has 0 aliphatic carbocycles. The Bertz CT molecular complexity index is 451. The van der Waals surface area contributed by atoms with E-state index >= 15 is 0 Å². The first kappa shape index (κ1) is 14.8. The third-order valence-electron chi connectivity index (χ3n) is 3.85. The number of rotatable bonds is 5. The molecule has 1 aliphatic heterocycles. The zero-order chi connectivity index (χ0) is 14.4. The Balaban J connectivity index is 1.80. The van der Waals surface area contributed by atoms with E-state index < -0.39 is 0 Å². The minimum Gasteiger partial charge on any atom is -0.492 e. The molecule has 4 heteroatoms. The lowest BCUT2D eigenvalue weighted by atomic mass is 9.98. The molecule has 108 valence electrons. The largest absolute Gasteiger partial charge is 0.492 e. The van der Waals surface area contributed by atoms with E-state index in [1.807, 2.05) is 19.1 Å². The second-order valence-corrected chi connectivity index (χ2v) is 5.32. The minimum absolute atomic E-state index is 0.258. The zero-order valence-electron chi connectivity index (χ0n) is 12.0. The van der Waals surface area contributed by atoms with Crippen LogP contribution < -0.4 is 4.74 Å². The predicted molar refractivity (Wildman–Crippen MR) is 77.5 cm³/mol. The summed E-state index contributed by atoms with van der Waals surface area (Å²) in [7, 11) is 0. The molecule has 1 aromatic rings. The number of nitrogens with zero attached hydrogens (tertiary/aromatic N) is 2. The number of ether oxygens (including phenoxy) is 1. The van der Waals surface area contributed by atoms with Crippen molar-refractivity contribution in [1.82, 2.24) is 4.90 Å². The summed E-state index contributed by atoms with van der Waals surface area (Å²) < 4.78 is 5.70. The number of hydrogen-bond acceptors (Lipinski definition) is 4. The Hall–Kier alpha value is -1.57. The van der Waals surface area contributed by atoms with Crippen LogP contribution in [-0.2, 0) is 0 Å². The molecule has 20 heavy (non-hydrogen) atoms. The highest BCUT2D eigenvalue weighted by atomic mass is 16.5. The van der Waals surface area contributed by atoms with Gasteiger partial charge in [-0.25, -0.2) is 0 Å². The van der Waals surface area contributed by atoms with Gasteiger partial charge in [0, 0.05) is 12.6 Å². The van der Waals surface area contributed by atoms with Crippen molar-refractivity contribution < 1.29 is 9.84 Å². The molecule has 1 aliphatic rings. The second kappa shape index (κ2) is 7.28. The third-order valence-corrected chi connectivity index (χ3v) is 3.85. The van der Waals surface area contributed by atoms with E-state index in [2.05, 4.69) is 11.0 Å². The lowest BCUT2D eigenvalue weighted by Gasteiger charge is -2.37. The number of hydrogen-bond donors (Lipinski definition) is 1. The van der Waals surface area contributed by atoms with Crippen molar-refractivity contribution in [2.24, 2.45) is 0 Å². The van der Waals surface area contributed by atoms with E-state index in [0.717, 1.165) is 25.3 Å². The minimum atomic E-state index is -0.287. The van der Waals surface area contributed by atoms with Crippen molar-refractivity contribution in [2.45, 2.75) is 38.3 Å². The quantitative estimate of drug-likeness (QED) is 0.894. The van der Waals surface area contributed by atoms with Crippen LogP contribution in [0.5, 0.6) is 5.75 Å². The molecule has 0 bridgehead atoms. The molecule has 0 spiro atoms. The molecule has 2 rings (SSSR count). The molecule has 0 amide bonds. The molecule has 4 nitrogen and oxygen atoms in total. The topological polar surface area (TPSA) is 56.5 Å². The van der Waals surface area contributed by atoms with E-state index in [0.29, 0.717) is 12.2 Å². The summed E-state index contributed by atoms with van der Waals surface area (Å²) in [5, 5.41) is 18.5. The summed E-state index contributed by atoms with van der Waals surface area (Å²) in [6.45, 7) is 4.33. The summed E-state index contributed by atoms with van der Waals surface area (Å²) >= 11 is 0. The lowest BCUT2D eigenvalue weighted by Crippen LogP contribution is -2.47. The molecule has 1 saturated heterocycles. The summed E-state index contributed by atoms with van der Waals surface area (Å²) in [5.41, 5.74) is 0.641. The summed E-state index contributed by atoms with van der Waals surface area (Å²) in [6.07, 6.45) is 3.17. The molecule has 2 unspecified atom stereocenters. The normalized spacial score (nSPS) is 21.1. The van der Waals surface area contributed by atoms with Crippen LogP contribution in [0.3, 0.4) is 0 Å².